The molecule has 1 aromatic heterocycles. The minimum Gasteiger partial charge on any atom is -0.348 e. The zero-order valence-corrected chi connectivity index (χ0v) is 13.6. The summed E-state index contributed by atoms with van der Waals surface area (Å²) in [4.78, 5) is 6.61. The van der Waals surface area contributed by atoms with E-state index < -0.39 is 0 Å². The van der Waals surface area contributed by atoms with Gasteiger partial charge in [0.25, 0.3) is 0 Å². The quantitative estimate of drug-likeness (QED) is 0.924. The van der Waals surface area contributed by atoms with Crippen molar-refractivity contribution in [3.05, 3.63) is 11.9 Å². The van der Waals surface area contributed by atoms with Crippen molar-refractivity contribution in [2.24, 2.45) is 24.8 Å². The van der Waals surface area contributed by atoms with E-state index in [1.54, 1.807) is 0 Å². The van der Waals surface area contributed by atoms with Gasteiger partial charge in [0.1, 0.15) is 0 Å². The number of aromatic nitrogens is 2. The molecule has 0 saturated heterocycles. The maximum absolute atomic E-state index is 4.53. The average Bonchev–Trinajstić information content (AvgIpc) is 2.76. The van der Waals surface area contributed by atoms with Crippen LogP contribution < -0.4 is 10.2 Å². The molecular formula is C17H28N4. The maximum atomic E-state index is 4.53. The van der Waals surface area contributed by atoms with Crippen LogP contribution >= 0.6 is 0 Å². The standard InChI is InChI=1S/C17H28N4/c1-20(2)16-18-10-15(21(16)3)11-19-17-7-12-4-13(8-17)6-14(5-12)9-17/h10,12-14,19H,4-9,11H2,1-3H3. The largest absolute Gasteiger partial charge is 0.348 e. The Balaban J connectivity index is 1.47. The molecule has 4 heteroatoms. The second kappa shape index (κ2) is 4.73. The van der Waals surface area contributed by atoms with Crippen LogP contribution in [0.1, 0.15) is 44.2 Å². The molecule has 116 valence electrons. The average molecular weight is 288 g/mol. The van der Waals surface area contributed by atoms with Gasteiger partial charge in [-0.15, -0.1) is 0 Å². The lowest BCUT2D eigenvalue weighted by Gasteiger charge is -2.57. The van der Waals surface area contributed by atoms with Crippen molar-refractivity contribution in [2.75, 3.05) is 19.0 Å². The first-order chi connectivity index (χ1) is 10.0. The van der Waals surface area contributed by atoms with Crippen molar-refractivity contribution in [3.8, 4) is 0 Å². The zero-order valence-electron chi connectivity index (χ0n) is 13.6. The third-order valence-electron chi connectivity index (χ3n) is 6.14. The van der Waals surface area contributed by atoms with Crippen LogP contribution in [0.25, 0.3) is 0 Å². The van der Waals surface area contributed by atoms with Crippen molar-refractivity contribution in [1.29, 1.82) is 0 Å². The smallest absolute Gasteiger partial charge is 0.204 e. The summed E-state index contributed by atoms with van der Waals surface area (Å²) in [5.74, 6) is 4.06. The highest BCUT2D eigenvalue weighted by molar-refractivity contribution is 5.31. The molecule has 4 fully saturated rings. The lowest BCUT2D eigenvalue weighted by molar-refractivity contribution is -0.0208. The number of hydrogen-bond acceptors (Lipinski definition) is 3. The molecule has 4 aliphatic rings. The summed E-state index contributed by atoms with van der Waals surface area (Å²) in [6.07, 6.45) is 10.8. The molecule has 0 spiro atoms. The van der Waals surface area contributed by atoms with E-state index >= 15 is 0 Å². The molecule has 1 aromatic rings. The minimum atomic E-state index is 0.442. The topological polar surface area (TPSA) is 33.1 Å². The van der Waals surface area contributed by atoms with Crippen LogP contribution in [0.5, 0.6) is 0 Å². The predicted molar refractivity (Wildman–Crippen MR) is 85.3 cm³/mol. The normalized spacial score (nSPS) is 37.2. The van der Waals surface area contributed by atoms with E-state index in [0.717, 1.165) is 30.2 Å². The van der Waals surface area contributed by atoms with E-state index in [-0.39, 0.29) is 0 Å². The summed E-state index contributed by atoms with van der Waals surface area (Å²) in [5.41, 5.74) is 1.74. The van der Waals surface area contributed by atoms with Crippen LogP contribution in [-0.2, 0) is 13.6 Å². The van der Waals surface area contributed by atoms with Gasteiger partial charge in [0.2, 0.25) is 5.95 Å². The molecule has 0 radical (unpaired) electrons. The summed E-state index contributed by atoms with van der Waals surface area (Å²) < 4.78 is 2.22. The van der Waals surface area contributed by atoms with Gasteiger partial charge in [0, 0.05) is 33.2 Å². The fraction of sp³-hybridized carbons (Fsp3) is 0.824. The Morgan fingerprint density at radius 2 is 1.76 bits per heavy atom. The molecule has 4 nitrogen and oxygen atoms in total. The summed E-state index contributed by atoms with van der Waals surface area (Å²) in [5, 5.41) is 3.96. The maximum Gasteiger partial charge on any atom is 0.204 e. The number of nitrogens with one attached hydrogen (secondary N) is 1. The van der Waals surface area contributed by atoms with Crippen molar-refractivity contribution in [1.82, 2.24) is 14.9 Å². The summed E-state index contributed by atoms with van der Waals surface area (Å²) >= 11 is 0. The van der Waals surface area contributed by atoms with Crippen LogP contribution in [0.15, 0.2) is 6.20 Å². The van der Waals surface area contributed by atoms with E-state index in [1.807, 2.05) is 6.20 Å². The van der Waals surface area contributed by atoms with Crippen LogP contribution in [0.4, 0.5) is 5.95 Å². The summed E-state index contributed by atoms with van der Waals surface area (Å²) in [6.45, 7) is 0.962. The van der Waals surface area contributed by atoms with Crippen molar-refractivity contribution < 1.29 is 0 Å². The molecule has 4 saturated carbocycles. The fourth-order valence-corrected chi connectivity index (χ4v) is 5.62. The molecule has 1 N–H and O–H groups in total. The first kappa shape index (κ1) is 13.6. The predicted octanol–water partition coefficient (Wildman–Crippen LogP) is 2.54. The van der Waals surface area contributed by atoms with E-state index in [4.69, 9.17) is 0 Å². The molecule has 0 amide bonds. The Kier molecular flexibility index (Phi) is 3.07. The third kappa shape index (κ3) is 2.28. The Labute approximate surface area is 127 Å². The second-order valence-corrected chi connectivity index (χ2v) is 8.05. The molecule has 4 bridgehead atoms. The first-order valence-electron chi connectivity index (χ1n) is 8.47. The monoisotopic (exact) mass is 288 g/mol. The molecule has 0 aromatic carbocycles. The van der Waals surface area contributed by atoms with Gasteiger partial charge in [-0.25, -0.2) is 4.98 Å². The molecule has 0 unspecified atom stereocenters. The van der Waals surface area contributed by atoms with Gasteiger partial charge in [-0.1, -0.05) is 0 Å². The molecule has 4 aliphatic carbocycles. The Morgan fingerprint density at radius 1 is 1.19 bits per heavy atom. The number of imidazole rings is 1. The molecule has 21 heavy (non-hydrogen) atoms. The number of hydrogen-bond donors (Lipinski definition) is 1. The van der Waals surface area contributed by atoms with Crippen molar-refractivity contribution >= 4 is 5.95 Å². The highest BCUT2D eigenvalue weighted by Crippen LogP contribution is 2.55. The van der Waals surface area contributed by atoms with Gasteiger partial charge in [-0.05, 0) is 56.3 Å². The number of anilines is 1. The van der Waals surface area contributed by atoms with Gasteiger partial charge >= 0.3 is 0 Å². The zero-order chi connectivity index (χ0) is 14.6. The lowest BCUT2D eigenvalue weighted by Crippen LogP contribution is -2.58. The Bertz CT molecular complexity index is 496. The van der Waals surface area contributed by atoms with Gasteiger partial charge in [0.15, 0.2) is 0 Å². The van der Waals surface area contributed by atoms with Gasteiger partial charge in [0.05, 0.1) is 11.9 Å². The molecule has 5 rings (SSSR count). The van der Waals surface area contributed by atoms with E-state index in [2.05, 4.69) is 40.9 Å². The Hall–Kier alpha value is -1.03. The number of rotatable bonds is 4. The van der Waals surface area contributed by atoms with E-state index in [0.29, 0.717) is 5.54 Å². The molecule has 0 aliphatic heterocycles. The van der Waals surface area contributed by atoms with Crippen LogP contribution in [-0.4, -0.2) is 29.2 Å². The summed E-state index contributed by atoms with van der Waals surface area (Å²) in [7, 11) is 6.23. The van der Waals surface area contributed by atoms with Crippen molar-refractivity contribution in [3.63, 3.8) is 0 Å². The lowest BCUT2D eigenvalue weighted by atomic mass is 9.53. The number of nitrogens with zero attached hydrogens (tertiary/aromatic N) is 3. The van der Waals surface area contributed by atoms with E-state index in [1.165, 1.54) is 44.2 Å². The van der Waals surface area contributed by atoms with Crippen molar-refractivity contribution in [2.45, 2.75) is 50.6 Å². The second-order valence-electron chi connectivity index (χ2n) is 8.05. The highest BCUT2D eigenvalue weighted by Gasteiger charge is 2.50. The first-order valence-corrected chi connectivity index (χ1v) is 8.47. The minimum absolute atomic E-state index is 0.442. The van der Waals surface area contributed by atoms with Gasteiger partial charge < -0.3 is 14.8 Å². The Morgan fingerprint density at radius 3 is 2.24 bits per heavy atom. The van der Waals surface area contributed by atoms with Gasteiger partial charge in [-0.3, -0.25) is 0 Å². The van der Waals surface area contributed by atoms with Crippen LogP contribution in [0, 0.1) is 17.8 Å². The van der Waals surface area contributed by atoms with E-state index in [9.17, 15) is 0 Å². The third-order valence-corrected chi connectivity index (χ3v) is 6.14. The SMILES string of the molecule is CN(C)c1ncc(CNC23CC4CC(CC(C4)C2)C3)n1C. The molecule has 0 atom stereocenters. The molecular weight excluding hydrogens is 260 g/mol. The summed E-state index contributed by atoms with van der Waals surface area (Å²) in [6, 6.07) is 0. The molecule has 1 heterocycles. The van der Waals surface area contributed by atoms with Gasteiger partial charge in [-0.2, -0.15) is 0 Å². The highest BCUT2D eigenvalue weighted by atomic mass is 15.3. The van der Waals surface area contributed by atoms with Crippen LogP contribution in [0.3, 0.4) is 0 Å². The van der Waals surface area contributed by atoms with Crippen LogP contribution in [0.2, 0.25) is 0 Å². The fourth-order valence-electron chi connectivity index (χ4n) is 5.62.